The molecule has 0 aliphatic heterocycles. The Kier molecular flexibility index (Phi) is 4.32. The van der Waals surface area contributed by atoms with Gasteiger partial charge in [0.05, 0.1) is 0 Å². The zero-order chi connectivity index (χ0) is 21.5. The number of fused-ring (bicyclic) bond motifs is 2. The van der Waals surface area contributed by atoms with Gasteiger partial charge in [-0.15, -0.1) is 10.2 Å². The number of nitrogens with zero attached hydrogens (tertiary/aromatic N) is 2. The van der Waals surface area contributed by atoms with Crippen LogP contribution in [0.25, 0.3) is 55.6 Å². The van der Waals surface area contributed by atoms with Crippen LogP contribution in [0, 0.1) is 6.92 Å². The molecule has 0 fully saturated rings. The minimum absolute atomic E-state index is 0.523. The van der Waals surface area contributed by atoms with Crippen molar-refractivity contribution in [3.8, 4) is 34.0 Å². The van der Waals surface area contributed by atoms with Crippen LogP contribution in [0.1, 0.15) is 5.56 Å². The molecule has 0 atom stereocenters. The molecule has 1 aromatic heterocycles. The molecule has 0 amide bonds. The zero-order valence-corrected chi connectivity index (χ0v) is 17.6. The van der Waals surface area contributed by atoms with E-state index in [-0.39, 0.29) is 0 Å². The molecule has 32 heavy (non-hydrogen) atoms. The maximum Gasteiger partial charge on any atom is 0.248 e. The minimum Gasteiger partial charge on any atom is -0.416 e. The van der Waals surface area contributed by atoms with Gasteiger partial charge in [0.2, 0.25) is 11.8 Å². The molecule has 0 radical (unpaired) electrons. The Morgan fingerprint density at radius 3 is 1.56 bits per heavy atom. The Balaban J connectivity index is 1.43. The van der Waals surface area contributed by atoms with Gasteiger partial charge in [0.25, 0.3) is 0 Å². The average molecular weight is 412 g/mol. The van der Waals surface area contributed by atoms with Crippen molar-refractivity contribution in [1.82, 2.24) is 10.2 Å². The molecule has 0 aliphatic carbocycles. The van der Waals surface area contributed by atoms with Crippen molar-refractivity contribution in [1.29, 1.82) is 0 Å². The average Bonchev–Trinajstić information content (AvgIpc) is 3.33. The standard InChI is InChI=1S/C29H20N2O/c1-19-10-12-21(13-11-19)28-30-31-29(32-28)22-16-14-20(15-17-22)27-25-8-4-2-6-23(25)18-24-7-3-5-9-26(24)27/h2-18H,1H3. The summed E-state index contributed by atoms with van der Waals surface area (Å²) in [5.74, 6) is 1.05. The largest absolute Gasteiger partial charge is 0.416 e. The highest BCUT2D eigenvalue weighted by atomic mass is 16.4. The van der Waals surface area contributed by atoms with Crippen molar-refractivity contribution in [3.05, 3.63) is 109 Å². The van der Waals surface area contributed by atoms with E-state index in [0.717, 1.165) is 11.1 Å². The highest BCUT2D eigenvalue weighted by Gasteiger charge is 2.13. The van der Waals surface area contributed by atoms with Gasteiger partial charge < -0.3 is 4.42 Å². The highest BCUT2D eigenvalue weighted by Crippen LogP contribution is 2.37. The van der Waals surface area contributed by atoms with Crippen molar-refractivity contribution >= 4 is 21.5 Å². The molecule has 0 spiro atoms. The van der Waals surface area contributed by atoms with Crippen molar-refractivity contribution in [2.75, 3.05) is 0 Å². The second-order valence-electron chi connectivity index (χ2n) is 8.05. The number of rotatable bonds is 3. The molecule has 0 bridgehead atoms. The molecule has 0 aliphatic rings. The third-order valence-corrected chi connectivity index (χ3v) is 5.92. The van der Waals surface area contributed by atoms with Gasteiger partial charge in [-0.3, -0.25) is 0 Å². The quantitative estimate of drug-likeness (QED) is 0.280. The summed E-state index contributed by atoms with van der Waals surface area (Å²) in [5.41, 5.74) is 5.44. The smallest absolute Gasteiger partial charge is 0.248 e. The van der Waals surface area contributed by atoms with Gasteiger partial charge in [0.1, 0.15) is 0 Å². The first-order chi connectivity index (χ1) is 15.8. The maximum atomic E-state index is 5.96. The lowest BCUT2D eigenvalue weighted by Gasteiger charge is -2.12. The summed E-state index contributed by atoms with van der Waals surface area (Å²) >= 11 is 0. The third kappa shape index (κ3) is 3.15. The van der Waals surface area contributed by atoms with E-state index >= 15 is 0 Å². The predicted octanol–water partition coefficient (Wildman–Crippen LogP) is 7.69. The topological polar surface area (TPSA) is 38.9 Å². The summed E-state index contributed by atoms with van der Waals surface area (Å²) in [5, 5.41) is 13.5. The van der Waals surface area contributed by atoms with Gasteiger partial charge in [-0.2, -0.15) is 0 Å². The summed E-state index contributed by atoms with van der Waals surface area (Å²) in [7, 11) is 0. The van der Waals surface area contributed by atoms with E-state index in [4.69, 9.17) is 4.42 Å². The zero-order valence-electron chi connectivity index (χ0n) is 17.6. The normalized spacial score (nSPS) is 11.3. The van der Waals surface area contributed by atoms with E-state index in [1.165, 1.54) is 38.2 Å². The first-order valence-electron chi connectivity index (χ1n) is 10.7. The minimum atomic E-state index is 0.523. The van der Waals surface area contributed by atoms with E-state index in [2.05, 4.69) is 96.0 Å². The van der Waals surface area contributed by atoms with E-state index < -0.39 is 0 Å². The number of hydrogen-bond donors (Lipinski definition) is 0. The lowest BCUT2D eigenvalue weighted by atomic mass is 9.92. The summed E-state index contributed by atoms with van der Waals surface area (Å²) < 4.78 is 5.96. The van der Waals surface area contributed by atoms with Gasteiger partial charge in [0, 0.05) is 11.1 Å². The van der Waals surface area contributed by atoms with Gasteiger partial charge in [-0.1, -0.05) is 78.4 Å². The number of hydrogen-bond acceptors (Lipinski definition) is 3. The summed E-state index contributed by atoms with van der Waals surface area (Å²) in [4.78, 5) is 0. The molecule has 152 valence electrons. The Hall–Kier alpha value is -4.24. The summed E-state index contributed by atoms with van der Waals surface area (Å²) in [6.07, 6.45) is 0. The number of aromatic nitrogens is 2. The fourth-order valence-electron chi connectivity index (χ4n) is 4.26. The maximum absolute atomic E-state index is 5.96. The molecule has 6 rings (SSSR count). The molecular formula is C29H20N2O. The molecule has 1 heterocycles. The fourth-order valence-corrected chi connectivity index (χ4v) is 4.26. The van der Waals surface area contributed by atoms with Crippen LogP contribution in [-0.2, 0) is 0 Å². The second kappa shape index (κ2) is 7.47. The molecule has 0 N–H and O–H groups in total. The van der Waals surface area contributed by atoms with Crippen LogP contribution in [0.15, 0.2) is 108 Å². The van der Waals surface area contributed by atoms with Crippen LogP contribution in [0.2, 0.25) is 0 Å². The molecule has 6 aromatic rings. The van der Waals surface area contributed by atoms with Crippen LogP contribution in [0.4, 0.5) is 0 Å². The van der Waals surface area contributed by atoms with Crippen molar-refractivity contribution in [2.45, 2.75) is 6.92 Å². The van der Waals surface area contributed by atoms with E-state index in [1.807, 2.05) is 24.3 Å². The van der Waals surface area contributed by atoms with E-state index in [1.54, 1.807) is 0 Å². The molecule has 0 saturated heterocycles. The van der Waals surface area contributed by atoms with Crippen LogP contribution in [0.3, 0.4) is 0 Å². The first kappa shape index (κ1) is 18.5. The molecule has 3 heteroatoms. The Bertz CT molecular complexity index is 1510. The van der Waals surface area contributed by atoms with Crippen LogP contribution < -0.4 is 0 Å². The van der Waals surface area contributed by atoms with Gasteiger partial charge >= 0.3 is 0 Å². The van der Waals surface area contributed by atoms with Crippen LogP contribution in [-0.4, -0.2) is 10.2 Å². The van der Waals surface area contributed by atoms with Gasteiger partial charge in [-0.05, 0) is 69.9 Å². The molecule has 5 aromatic carbocycles. The van der Waals surface area contributed by atoms with Crippen molar-refractivity contribution in [2.24, 2.45) is 0 Å². The Morgan fingerprint density at radius 2 is 1.00 bits per heavy atom. The molecule has 0 saturated carbocycles. The summed E-state index contributed by atoms with van der Waals surface area (Å²) in [6, 6.07) is 35.8. The monoisotopic (exact) mass is 412 g/mol. The lowest BCUT2D eigenvalue weighted by Crippen LogP contribution is -1.86. The third-order valence-electron chi connectivity index (χ3n) is 5.92. The Morgan fingerprint density at radius 1 is 0.531 bits per heavy atom. The van der Waals surface area contributed by atoms with Crippen LogP contribution >= 0.6 is 0 Å². The lowest BCUT2D eigenvalue weighted by molar-refractivity contribution is 0.584. The van der Waals surface area contributed by atoms with Gasteiger partial charge in [0.15, 0.2) is 0 Å². The SMILES string of the molecule is Cc1ccc(-c2nnc(-c3ccc(-c4c5ccccc5cc5ccccc45)cc3)o2)cc1. The van der Waals surface area contributed by atoms with Crippen molar-refractivity contribution < 1.29 is 4.42 Å². The number of benzene rings is 5. The summed E-state index contributed by atoms with van der Waals surface area (Å²) in [6.45, 7) is 2.06. The molecule has 0 unspecified atom stereocenters. The molecular weight excluding hydrogens is 392 g/mol. The number of aryl methyl sites for hydroxylation is 1. The van der Waals surface area contributed by atoms with Crippen LogP contribution in [0.5, 0.6) is 0 Å². The van der Waals surface area contributed by atoms with Gasteiger partial charge in [-0.25, -0.2) is 0 Å². The second-order valence-corrected chi connectivity index (χ2v) is 8.05. The Labute approximate surface area is 186 Å². The first-order valence-corrected chi connectivity index (χ1v) is 10.7. The predicted molar refractivity (Wildman–Crippen MR) is 130 cm³/mol. The highest BCUT2D eigenvalue weighted by molar-refractivity contribution is 6.12. The van der Waals surface area contributed by atoms with E-state index in [9.17, 15) is 0 Å². The fraction of sp³-hybridized carbons (Fsp3) is 0.0345. The van der Waals surface area contributed by atoms with Crippen molar-refractivity contribution in [3.63, 3.8) is 0 Å². The molecule has 3 nitrogen and oxygen atoms in total. The van der Waals surface area contributed by atoms with E-state index in [0.29, 0.717) is 11.8 Å².